The fourth-order valence-corrected chi connectivity index (χ4v) is 2.40. The van der Waals surface area contributed by atoms with Crippen molar-refractivity contribution in [2.45, 2.75) is 25.8 Å². The van der Waals surface area contributed by atoms with E-state index in [1.54, 1.807) is 23.3 Å². The zero-order valence-electron chi connectivity index (χ0n) is 9.57. The molecule has 3 nitrogen and oxygen atoms in total. The molecule has 1 heterocycles. The Morgan fingerprint density at radius 3 is 2.81 bits per heavy atom. The van der Waals surface area contributed by atoms with Crippen molar-refractivity contribution in [2.24, 2.45) is 5.73 Å². The molecule has 90 valence electrons. The first-order valence-electron chi connectivity index (χ1n) is 5.23. The second-order valence-corrected chi connectivity index (χ2v) is 5.75. The fraction of sp³-hybridized carbons (Fsp3) is 0.545. The summed E-state index contributed by atoms with van der Waals surface area (Å²) in [4.78, 5) is 14.5. The Balaban J connectivity index is 2.34. The van der Waals surface area contributed by atoms with Gasteiger partial charge in [0.25, 0.3) is 0 Å². The Kier molecular flexibility index (Phi) is 5.25. The molecule has 0 aliphatic carbocycles. The highest BCUT2D eigenvalue weighted by atomic mass is 35.5. The first-order valence-corrected chi connectivity index (χ1v) is 6.42. The smallest absolute Gasteiger partial charge is 0.223 e. The molecule has 0 radical (unpaired) electrons. The van der Waals surface area contributed by atoms with Crippen molar-refractivity contribution in [3.05, 3.63) is 21.3 Å². The van der Waals surface area contributed by atoms with Crippen LogP contribution in [0.25, 0.3) is 0 Å². The van der Waals surface area contributed by atoms with Gasteiger partial charge in [0.2, 0.25) is 5.91 Å². The van der Waals surface area contributed by atoms with Crippen molar-refractivity contribution in [1.29, 1.82) is 0 Å². The summed E-state index contributed by atoms with van der Waals surface area (Å²) in [5.74, 6) is 0.0950. The third kappa shape index (κ3) is 4.51. The highest BCUT2D eigenvalue weighted by Crippen LogP contribution is 2.21. The number of nitrogens with two attached hydrogens (primary N) is 1. The van der Waals surface area contributed by atoms with Gasteiger partial charge in [0.15, 0.2) is 0 Å². The van der Waals surface area contributed by atoms with Crippen LogP contribution < -0.4 is 5.73 Å². The first-order chi connectivity index (χ1) is 7.49. The van der Waals surface area contributed by atoms with Crippen molar-refractivity contribution in [3.63, 3.8) is 0 Å². The van der Waals surface area contributed by atoms with Gasteiger partial charge in [-0.25, -0.2) is 0 Å². The van der Waals surface area contributed by atoms with Crippen LogP contribution in [0.4, 0.5) is 0 Å². The minimum absolute atomic E-state index is 0.0777. The summed E-state index contributed by atoms with van der Waals surface area (Å²) in [6, 6.07) is 3.80. The summed E-state index contributed by atoms with van der Waals surface area (Å²) < 4.78 is 0.791. The van der Waals surface area contributed by atoms with Gasteiger partial charge in [0.05, 0.1) is 4.34 Å². The fourth-order valence-electron chi connectivity index (χ4n) is 1.32. The average Bonchev–Trinajstić information content (AvgIpc) is 2.59. The average molecular weight is 261 g/mol. The zero-order valence-corrected chi connectivity index (χ0v) is 11.1. The zero-order chi connectivity index (χ0) is 12.1. The summed E-state index contributed by atoms with van der Waals surface area (Å²) >= 11 is 7.39. The SMILES string of the molecule is CC(N)CC(=O)N(C)CCc1ccc(Cl)s1. The Bertz CT molecular complexity index is 352. The van der Waals surface area contributed by atoms with E-state index < -0.39 is 0 Å². The lowest BCUT2D eigenvalue weighted by Crippen LogP contribution is -2.33. The molecule has 0 saturated carbocycles. The van der Waals surface area contributed by atoms with Crippen LogP contribution >= 0.6 is 22.9 Å². The van der Waals surface area contributed by atoms with Crippen LogP contribution in [0.2, 0.25) is 4.34 Å². The number of carbonyl (C=O) groups excluding carboxylic acids is 1. The molecule has 0 bridgehead atoms. The monoisotopic (exact) mass is 260 g/mol. The van der Waals surface area contributed by atoms with Crippen LogP contribution in [0.1, 0.15) is 18.2 Å². The lowest BCUT2D eigenvalue weighted by atomic mass is 10.2. The first kappa shape index (κ1) is 13.5. The second-order valence-electron chi connectivity index (χ2n) is 3.95. The molecule has 1 aromatic rings. The molecular weight excluding hydrogens is 244 g/mol. The highest BCUT2D eigenvalue weighted by molar-refractivity contribution is 7.16. The van der Waals surface area contributed by atoms with E-state index in [0.29, 0.717) is 13.0 Å². The molecule has 0 fully saturated rings. The maximum absolute atomic E-state index is 11.6. The minimum atomic E-state index is -0.0777. The molecular formula is C11H17ClN2OS. The van der Waals surface area contributed by atoms with Crippen LogP contribution in [-0.4, -0.2) is 30.4 Å². The van der Waals surface area contributed by atoms with Crippen LogP contribution in [-0.2, 0) is 11.2 Å². The Morgan fingerprint density at radius 2 is 2.31 bits per heavy atom. The number of rotatable bonds is 5. The van der Waals surface area contributed by atoms with Gasteiger partial charge in [-0.1, -0.05) is 11.6 Å². The molecule has 16 heavy (non-hydrogen) atoms. The van der Waals surface area contributed by atoms with Gasteiger partial charge in [-0.2, -0.15) is 0 Å². The quantitative estimate of drug-likeness (QED) is 0.882. The molecule has 1 aromatic heterocycles. The summed E-state index contributed by atoms with van der Waals surface area (Å²) in [5.41, 5.74) is 5.58. The van der Waals surface area contributed by atoms with Gasteiger partial charge >= 0.3 is 0 Å². The number of thiophene rings is 1. The molecule has 1 unspecified atom stereocenters. The van der Waals surface area contributed by atoms with Crippen molar-refractivity contribution in [1.82, 2.24) is 4.90 Å². The van der Waals surface area contributed by atoms with Crippen molar-refractivity contribution in [3.8, 4) is 0 Å². The van der Waals surface area contributed by atoms with Gasteiger partial charge in [-0.15, -0.1) is 11.3 Å². The number of hydrogen-bond acceptors (Lipinski definition) is 3. The standard InChI is InChI=1S/C11H17ClN2OS/c1-8(13)7-11(15)14(2)6-5-9-3-4-10(12)16-9/h3-4,8H,5-7,13H2,1-2H3. The second kappa shape index (κ2) is 6.23. The minimum Gasteiger partial charge on any atom is -0.345 e. The van der Waals surface area contributed by atoms with Gasteiger partial charge < -0.3 is 10.6 Å². The lowest BCUT2D eigenvalue weighted by molar-refractivity contribution is -0.130. The van der Waals surface area contributed by atoms with Gasteiger partial charge in [0, 0.05) is 30.9 Å². The highest BCUT2D eigenvalue weighted by Gasteiger charge is 2.10. The molecule has 5 heteroatoms. The van der Waals surface area contributed by atoms with Crippen molar-refractivity contribution in [2.75, 3.05) is 13.6 Å². The number of carbonyl (C=O) groups is 1. The molecule has 1 rings (SSSR count). The van der Waals surface area contributed by atoms with E-state index in [-0.39, 0.29) is 11.9 Å². The van der Waals surface area contributed by atoms with Gasteiger partial charge in [-0.3, -0.25) is 4.79 Å². The lowest BCUT2D eigenvalue weighted by Gasteiger charge is -2.17. The van der Waals surface area contributed by atoms with Crippen LogP contribution in [0.5, 0.6) is 0 Å². The van der Waals surface area contributed by atoms with Crippen LogP contribution in [0.3, 0.4) is 0 Å². The predicted molar refractivity (Wildman–Crippen MR) is 68.9 cm³/mol. The molecule has 1 amide bonds. The summed E-state index contributed by atoms with van der Waals surface area (Å²) in [7, 11) is 1.81. The van der Waals surface area contributed by atoms with Crippen molar-refractivity contribution >= 4 is 28.8 Å². The summed E-state index contributed by atoms with van der Waals surface area (Å²) in [6.45, 7) is 2.55. The number of hydrogen-bond donors (Lipinski definition) is 1. The van der Waals surface area contributed by atoms with Gasteiger partial charge in [-0.05, 0) is 25.5 Å². The summed E-state index contributed by atoms with van der Waals surface area (Å²) in [5, 5.41) is 0. The van der Waals surface area contributed by atoms with E-state index in [4.69, 9.17) is 17.3 Å². The van der Waals surface area contributed by atoms with E-state index in [2.05, 4.69) is 0 Å². The van der Waals surface area contributed by atoms with E-state index in [1.807, 2.05) is 19.1 Å². The molecule has 1 atom stereocenters. The van der Waals surface area contributed by atoms with E-state index in [0.717, 1.165) is 10.8 Å². The molecule has 0 saturated heterocycles. The third-order valence-corrected chi connectivity index (χ3v) is 3.54. The maximum Gasteiger partial charge on any atom is 0.223 e. The number of nitrogens with zero attached hydrogens (tertiary/aromatic N) is 1. The predicted octanol–water partition coefficient (Wildman–Crippen LogP) is 2.14. The number of amides is 1. The van der Waals surface area contributed by atoms with Gasteiger partial charge in [0.1, 0.15) is 0 Å². The normalized spacial score (nSPS) is 12.5. The maximum atomic E-state index is 11.6. The van der Waals surface area contributed by atoms with Crippen molar-refractivity contribution < 1.29 is 4.79 Å². The molecule has 0 aliphatic rings. The van der Waals surface area contributed by atoms with Crippen LogP contribution in [0, 0.1) is 0 Å². The van der Waals surface area contributed by atoms with E-state index in [1.165, 1.54) is 4.88 Å². The van der Waals surface area contributed by atoms with Crippen LogP contribution in [0.15, 0.2) is 12.1 Å². The number of likely N-dealkylation sites (N-methyl/N-ethyl adjacent to an activating group) is 1. The number of halogens is 1. The molecule has 0 aromatic carbocycles. The summed E-state index contributed by atoms with van der Waals surface area (Å²) in [6.07, 6.45) is 1.25. The van der Waals surface area contributed by atoms with E-state index >= 15 is 0 Å². The molecule has 0 aliphatic heterocycles. The Hall–Kier alpha value is -0.580. The molecule has 0 spiro atoms. The third-order valence-electron chi connectivity index (χ3n) is 2.24. The molecule has 2 N–H and O–H groups in total. The Morgan fingerprint density at radius 1 is 1.62 bits per heavy atom. The Labute approximate surface area is 105 Å². The topological polar surface area (TPSA) is 46.3 Å². The largest absolute Gasteiger partial charge is 0.345 e. The van der Waals surface area contributed by atoms with E-state index in [9.17, 15) is 4.79 Å².